The van der Waals surface area contributed by atoms with Gasteiger partial charge in [-0.1, -0.05) is 89.0 Å². The lowest BCUT2D eigenvalue weighted by Gasteiger charge is -2.28. The molecule has 162 valence electrons. The standard InChI is InChI=1S/C26H34O3S/c1-2-3-4-5-6-7-8-9-10-11-18-30-26-19-14-12-16-21(27)23(19)25(29)24-20(26)15-13-17-22(24)28/h12-17,26-28H,2-11,18H2,1H3. The first-order chi connectivity index (χ1) is 14.6. The molecule has 0 saturated carbocycles. The molecule has 2 aromatic rings. The van der Waals surface area contributed by atoms with Gasteiger partial charge in [0.2, 0.25) is 5.78 Å². The minimum absolute atomic E-state index is 0.00376. The fourth-order valence-electron chi connectivity index (χ4n) is 4.31. The van der Waals surface area contributed by atoms with Crippen molar-refractivity contribution in [3.63, 3.8) is 0 Å². The van der Waals surface area contributed by atoms with Crippen LogP contribution in [0.2, 0.25) is 0 Å². The molecule has 0 heterocycles. The molecule has 0 radical (unpaired) electrons. The van der Waals surface area contributed by atoms with Crippen molar-refractivity contribution in [2.75, 3.05) is 5.75 Å². The molecule has 3 nitrogen and oxygen atoms in total. The van der Waals surface area contributed by atoms with Crippen molar-refractivity contribution < 1.29 is 15.0 Å². The number of ketones is 1. The largest absolute Gasteiger partial charge is 0.507 e. The number of rotatable bonds is 12. The molecule has 3 rings (SSSR count). The van der Waals surface area contributed by atoms with Crippen molar-refractivity contribution >= 4 is 17.5 Å². The third kappa shape index (κ3) is 5.40. The average molecular weight is 427 g/mol. The predicted octanol–water partition coefficient (Wildman–Crippen LogP) is 7.39. The first-order valence-electron chi connectivity index (χ1n) is 11.4. The smallest absolute Gasteiger partial charge is 0.201 e. The Balaban J connectivity index is 1.53. The molecule has 0 aliphatic heterocycles. The third-order valence-corrected chi connectivity index (χ3v) is 7.32. The number of phenols is 2. The van der Waals surface area contributed by atoms with E-state index in [4.69, 9.17) is 0 Å². The van der Waals surface area contributed by atoms with Crippen LogP contribution in [0.1, 0.15) is 103 Å². The summed E-state index contributed by atoms with van der Waals surface area (Å²) < 4.78 is 0. The Hall–Kier alpha value is -1.94. The lowest BCUT2D eigenvalue weighted by molar-refractivity contribution is 0.102. The summed E-state index contributed by atoms with van der Waals surface area (Å²) >= 11 is 1.81. The van der Waals surface area contributed by atoms with E-state index in [1.54, 1.807) is 36.0 Å². The van der Waals surface area contributed by atoms with E-state index in [-0.39, 0.29) is 22.5 Å². The molecule has 0 aromatic heterocycles. The highest BCUT2D eigenvalue weighted by atomic mass is 32.2. The Labute approximate surface area is 184 Å². The molecule has 0 fully saturated rings. The van der Waals surface area contributed by atoms with Crippen molar-refractivity contribution in [3.05, 3.63) is 58.7 Å². The van der Waals surface area contributed by atoms with E-state index in [9.17, 15) is 15.0 Å². The maximum Gasteiger partial charge on any atom is 0.201 e. The second-order valence-corrected chi connectivity index (χ2v) is 9.46. The number of carbonyl (C=O) groups excluding carboxylic acids is 1. The van der Waals surface area contributed by atoms with Crippen molar-refractivity contribution in [1.82, 2.24) is 0 Å². The SMILES string of the molecule is CCCCCCCCCCCCSC1c2cccc(O)c2C(=O)c2c(O)cccc21. The summed E-state index contributed by atoms with van der Waals surface area (Å²) in [6.45, 7) is 2.26. The highest BCUT2D eigenvalue weighted by Gasteiger charge is 2.34. The molecule has 0 atom stereocenters. The van der Waals surface area contributed by atoms with Crippen LogP contribution in [-0.2, 0) is 0 Å². The van der Waals surface area contributed by atoms with Crippen LogP contribution < -0.4 is 0 Å². The summed E-state index contributed by atoms with van der Waals surface area (Å²) in [5.74, 6) is 0.707. The van der Waals surface area contributed by atoms with E-state index < -0.39 is 0 Å². The van der Waals surface area contributed by atoms with Crippen LogP contribution in [0, 0.1) is 0 Å². The average Bonchev–Trinajstić information content (AvgIpc) is 2.73. The summed E-state index contributed by atoms with van der Waals surface area (Å²) in [6.07, 6.45) is 13.1. The first-order valence-corrected chi connectivity index (χ1v) is 12.5. The van der Waals surface area contributed by atoms with Crippen LogP contribution in [0.5, 0.6) is 11.5 Å². The Morgan fingerprint density at radius 3 is 1.70 bits per heavy atom. The summed E-state index contributed by atoms with van der Waals surface area (Å²) in [6, 6.07) is 10.5. The topological polar surface area (TPSA) is 57.5 Å². The van der Waals surface area contributed by atoms with Crippen LogP contribution in [0.4, 0.5) is 0 Å². The first kappa shape index (κ1) is 22.7. The lowest BCUT2D eigenvalue weighted by Crippen LogP contribution is -2.18. The maximum atomic E-state index is 12.9. The van der Waals surface area contributed by atoms with Gasteiger partial charge in [-0.25, -0.2) is 0 Å². The minimum Gasteiger partial charge on any atom is -0.507 e. The van der Waals surface area contributed by atoms with Gasteiger partial charge in [-0.05, 0) is 35.4 Å². The van der Waals surface area contributed by atoms with Crippen molar-refractivity contribution in [2.45, 2.75) is 76.4 Å². The minimum atomic E-state index is -0.285. The van der Waals surface area contributed by atoms with Crippen molar-refractivity contribution in [2.24, 2.45) is 0 Å². The van der Waals surface area contributed by atoms with E-state index in [1.165, 1.54) is 57.8 Å². The molecular formula is C26H34O3S. The molecule has 0 amide bonds. The zero-order valence-electron chi connectivity index (χ0n) is 18.0. The Morgan fingerprint density at radius 1 is 0.733 bits per heavy atom. The van der Waals surface area contributed by atoms with Gasteiger partial charge in [0.05, 0.1) is 16.4 Å². The normalized spacial score (nSPS) is 13.3. The third-order valence-electron chi connectivity index (χ3n) is 5.95. The Kier molecular flexibility index (Phi) is 8.68. The van der Waals surface area contributed by atoms with E-state index in [0.717, 1.165) is 23.3 Å². The number of aromatic hydroxyl groups is 2. The quantitative estimate of drug-likeness (QED) is 0.347. The fraction of sp³-hybridized carbons (Fsp3) is 0.500. The van der Waals surface area contributed by atoms with E-state index in [0.29, 0.717) is 11.1 Å². The molecule has 0 unspecified atom stereocenters. The van der Waals surface area contributed by atoms with Gasteiger partial charge in [0.25, 0.3) is 0 Å². The molecule has 0 saturated heterocycles. The summed E-state index contributed by atoms with van der Waals surface area (Å²) in [5, 5.41) is 20.6. The number of phenolic OH excluding ortho intramolecular Hbond substituents is 2. The Bertz CT molecular complexity index is 791. The monoisotopic (exact) mass is 426 g/mol. The van der Waals surface area contributed by atoms with Gasteiger partial charge in [-0.3, -0.25) is 4.79 Å². The Morgan fingerprint density at radius 2 is 1.20 bits per heavy atom. The molecule has 30 heavy (non-hydrogen) atoms. The molecule has 0 spiro atoms. The number of unbranched alkanes of at least 4 members (excludes halogenated alkanes) is 9. The predicted molar refractivity (Wildman–Crippen MR) is 126 cm³/mol. The number of hydrogen-bond donors (Lipinski definition) is 2. The number of fused-ring (bicyclic) bond motifs is 2. The molecule has 4 heteroatoms. The van der Waals surface area contributed by atoms with Gasteiger partial charge >= 0.3 is 0 Å². The molecular weight excluding hydrogens is 392 g/mol. The van der Waals surface area contributed by atoms with Gasteiger partial charge in [0.15, 0.2) is 0 Å². The van der Waals surface area contributed by atoms with Gasteiger partial charge in [-0.2, -0.15) is 0 Å². The van der Waals surface area contributed by atoms with E-state index >= 15 is 0 Å². The summed E-state index contributed by atoms with van der Waals surface area (Å²) in [5.41, 5.74) is 2.39. The highest BCUT2D eigenvalue weighted by Crippen LogP contribution is 2.47. The molecule has 0 bridgehead atoms. The second kappa shape index (κ2) is 11.5. The zero-order chi connectivity index (χ0) is 21.3. The second-order valence-electron chi connectivity index (χ2n) is 8.24. The molecule has 1 aliphatic carbocycles. The van der Waals surface area contributed by atoms with Crippen molar-refractivity contribution in [3.8, 4) is 11.5 Å². The number of thioether (sulfide) groups is 1. The van der Waals surface area contributed by atoms with Crippen LogP contribution in [-0.4, -0.2) is 21.7 Å². The van der Waals surface area contributed by atoms with E-state index in [1.807, 2.05) is 12.1 Å². The van der Waals surface area contributed by atoms with Crippen molar-refractivity contribution in [1.29, 1.82) is 0 Å². The molecule has 2 aromatic carbocycles. The summed E-state index contributed by atoms with van der Waals surface area (Å²) in [4.78, 5) is 12.9. The van der Waals surface area contributed by atoms with E-state index in [2.05, 4.69) is 6.92 Å². The van der Waals surface area contributed by atoms with Crippen LogP contribution in [0.25, 0.3) is 0 Å². The number of carbonyl (C=O) groups is 1. The summed E-state index contributed by atoms with van der Waals surface area (Å²) in [7, 11) is 0. The highest BCUT2D eigenvalue weighted by molar-refractivity contribution is 7.99. The maximum absolute atomic E-state index is 12.9. The van der Waals surface area contributed by atoms with Gasteiger partial charge < -0.3 is 10.2 Å². The van der Waals surface area contributed by atoms with Gasteiger partial charge in [0.1, 0.15) is 11.5 Å². The number of benzene rings is 2. The van der Waals surface area contributed by atoms with Crippen LogP contribution in [0.15, 0.2) is 36.4 Å². The fourth-order valence-corrected chi connectivity index (χ4v) is 5.67. The zero-order valence-corrected chi connectivity index (χ0v) is 18.8. The molecule has 2 N–H and O–H groups in total. The van der Waals surface area contributed by atoms with Crippen LogP contribution >= 0.6 is 11.8 Å². The molecule has 1 aliphatic rings. The van der Waals surface area contributed by atoms with Gasteiger partial charge in [0, 0.05) is 0 Å². The number of hydrogen-bond acceptors (Lipinski definition) is 4. The van der Waals surface area contributed by atoms with Crippen LogP contribution in [0.3, 0.4) is 0 Å². The van der Waals surface area contributed by atoms with Gasteiger partial charge in [-0.15, -0.1) is 11.8 Å². The lowest BCUT2D eigenvalue weighted by atomic mass is 9.83.